The maximum absolute atomic E-state index is 12.9. The summed E-state index contributed by atoms with van der Waals surface area (Å²) in [5.74, 6) is 0.681. The molecule has 25 heavy (non-hydrogen) atoms. The average molecular weight is 352 g/mol. The SMILES string of the molecule is Cc1ccc(Sc2ncccc2C(=O)N(C)Cc2ccco2)c(C)c1. The lowest BCUT2D eigenvalue weighted by Crippen LogP contribution is -2.26. The van der Waals surface area contributed by atoms with Crippen molar-refractivity contribution in [1.29, 1.82) is 0 Å². The van der Waals surface area contributed by atoms with E-state index < -0.39 is 0 Å². The minimum Gasteiger partial charge on any atom is -0.467 e. The van der Waals surface area contributed by atoms with Crippen LogP contribution in [0.5, 0.6) is 0 Å². The number of carbonyl (C=O) groups excluding carboxylic acids is 1. The maximum Gasteiger partial charge on any atom is 0.256 e. The molecule has 0 fully saturated rings. The first-order valence-electron chi connectivity index (χ1n) is 8.02. The summed E-state index contributed by atoms with van der Waals surface area (Å²) in [4.78, 5) is 20.0. The van der Waals surface area contributed by atoms with Gasteiger partial charge in [-0.1, -0.05) is 29.5 Å². The van der Waals surface area contributed by atoms with Gasteiger partial charge in [-0.25, -0.2) is 4.98 Å². The minimum atomic E-state index is -0.0724. The molecule has 2 heterocycles. The third kappa shape index (κ3) is 4.12. The molecule has 0 N–H and O–H groups in total. The van der Waals surface area contributed by atoms with Gasteiger partial charge in [0.2, 0.25) is 0 Å². The Hall–Kier alpha value is -2.53. The minimum absolute atomic E-state index is 0.0724. The summed E-state index contributed by atoms with van der Waals surface area (Å²) < 4.78 is 5.33. The van der Waals surface area contributed by atoms with Crippen LogP contribution in [0, 0.1) is 13.8 Å². The summed E-state index contributed by atoms with van der Waals surface area (Å²) in [5, 5.41) is 0.714. The molecule has 128 valence electrons. The summed E-state index contributed by atoms with van der Waals surface area (Å²) in [7, 11) is 1.77. The Bertz CT molecular complexity index is 875. The lowest BCUT2D eigenvalue weighted by Gasteiger charge is -2.17. The van der Waals surface area contributed by atoms with Gasteiger partial charge in [-0.15, -0.1) is 0 Å². The number of furan rings is 1. The van der Waals surface area contributed by atoms with Crippen LogP contribution in [-0.4, -0.2) is 22.8 Å². The first kappa shape index (κ1) is 17.3. The number of carbonyl (C=O) groups is 1. The van der Waals surface area contributed by atoms with Crippen molar-refractivity contribution in [2.45, 2.75) is 30.3 Å². The van der Waals surface area contributed by atoms with Gasteiger partial charge in [-0.05, 0) is 49.7 Å². The fourth-order valence-corrected chi connectivity index (χ4v) is 3.51. The van der Waals surface area contributed by atoms with Gasteiger partial charge in [0, 0.05) is 18.1 Å². The van der Waals surface area contributed by atoms with E-state index >= 15 is 0 Å². The van der Waals surface area contributed by atoms with E-state index in [1.807, 2.05) is 18.2 Å². The lowest BCUT2D eigenvalue weighted by atomic mass is 10.2. The van der Waals surface area contributed by atoms with Crippen LogP contribution in [0.15, 0.2) is 69.3 Å². The molecule has 0 aliphatic heterocycles. The standard InChI is InChI=1S/C20H20N2O2S/c1-14-8-9-18(15(2)12-14)25-19-17(7-4-10-21-19)20(23)22(3)13-16-6-5-11-24-16/h4-12H,13H2,1-3H3. The van der Waals surface area contributed by atoms with Crippen LogP contribution < -0.4 is 0 Å². The number of pyridine rings is 1. The highest BCUT2D eigenvalue weighted by Crippen LogP contribution is 2.32. The Morgan fingerprint density at radius 2 is 2.04 bits per heavy atom. The fourth-order valence-electron chi connectivity index (χ4n) is 2.57. The summed E-state index contributed by atoms with van der Waals surface area (Å²) in [6, 6.07) is 13.6. The predicted molar refractivity (Wildman–Crippen MR) is 98.8 cm³/mol. The molecular formula is C20H20N2O2S. The molecule has 0 saturated carbocycles. The van der Waals surface area contributed by atoms with Gasteiger partial charge in [-0.3, -0.25) is 4.79 Å². The number of aryl methyl sites for hydroxylation is 2. The normalized spacial score (nSPS) is 10.7. The highest BCUT2D eigenvalue weighted by Gasteiger charge is 2.18. The van der Waals surface area contributed by atoms with Crippen molar-refractivity contribution in [1.82, 2.24) is 9.88 Å². The molecule has 0 unspecified atom stereocenters. The number of amides is 1. The summed E-state index contributed by atoms with van der Waals surface area (Å²) >= 11 is 1.52. The molecule has 0 spiro atoms. The third-order valence-corrected chi connectivity index (χ3v) is 5.06. The Labute approximate surface area is 151 Å². The zero-order valence-electron chi connectivity index (χ0n) is 14.5. The fraction of sp³-hybridized carbons (Fsp3) is 0.200. The van der Waals surface area contributed by atoms with Gasteiger partial charge >= 0.3 is 0 Å². The molecule has 3 aromatic rings. The predicted octanol–water partition coefficient (Wildman–Crippen LogP) is 4.71. The van der Waals surface area contributed by atoms with Gasteiger partial charge in [0.25, 0.3) is 5.91 Å². The number of nitrogens with zero attached hydrogens (tertiary/aromatic N) is 2. The van der Waals surface area contributed by atoms with Crippen LogP contribution >= 0.6 is 11.8 Å². The highest BCUT2D eigenvalue weighted by atomic mass is 32.2. The van der Waals surface area contributed by atoms with E-state index in [1.165, 1.54) is 22.9 Å². The third-order valence-electron chi connectivity index (χ3n) is 3.86. The Balaban J connectivity index is 1.83. The van der Waals surface area contributed by atoms with E-state index in [-0.39, 0.29) is 5.91 Å². The molecule has 2 aromatic heterocycles. The summed E-state index contributed by atoms with van der Waals surface area (Å²) in [6.07, 6.45) is 3.33. The molecule has 0 aliphatic carbocycles. The molecule has 0 aliphatic rings. The van der Waals surface area contributed by atoms with E-state index in [1.54, 1.807) is 30.5 Å². The van der Waals surface area contributed by atoms with E-state index in [0.717, 1.165) is 10.7 Å². The number of hydrogen-bond donors (Lipinski definition) is 0. The van der Waals surface area contributed by atoms with Gasteiger partial charge < -0.3 is 9.32 Å². The second kappa shape index (κ2) is 7.57. The van der Waals surface area contributed by atoms with Crippen molar-refractivity contribution in [2.75, 3.05) is 7.05 Å². The molecule has 1 amide bonds. The smallest absolute Gasteiger partial charge is 0.256 e. The molecular weight excluding hydrogens is 332 g/mol. The van der Waals surface area contributed by atoms with Crippen molar-refractivity contribution in [3.8, 4) is 0 Å². The molecule has 5 heteroatoms. The van der Waals surface area contributed by atoms with E-state index in [0.29, 0.717) is 17.1 Å². The summed E-state index contributed by atoms with van der Waals surface area (Å²) in [6.45, 7) is 4.57. The monoisotopic (exact) mass is 352 g/mol. The quantitative estimate of drug-likeness (QED) is 0.667. The van der Waals surface area contributed by atoms with Crippen LogP contribution in [0.3, 0.4) is 0 Å². The van der Waals surface area contributed by atoms with Crippen molar-refractivity contribution >= 4 is 17.7 Å². The van der Waals surface area contributed by atoms with Gasteiger partial charge in [0.15, 0.2) is 0 Å². The van der Waals surface area contributed by atoms with Crippen molar-refractivity contribution in [3.05, 3.63) is 77.4 Å². The molecule has 0 saturated heterocycles. The molecule has 3 rings (SSSR count). The van der Waals surface area contributed by atoms with E-state index in [4.69, 9.17) is 4.42 Å². The number of aromatic nitrogens is 1. The highest BCUT2D eigenvalue weighted by molar-refractivity contribution is 7.99. The number of benzene rings is 1. The molecule has 1 aromatic carbocycles. The van der Waals surface area contributed by atoms with Gasteiger partial charge in [-0.2, -0.15) is 0 Å². The number of rotatable bonds is 5. The Morgan fingerprint density at radius 3 is 2.76 bits per heavy atom. The average Bonchev–Trinajstić information content (AvgIpc) is 3.10. The van der Waals surface area contributed by atoms with Crippen LogP contribution in [0.1, 0.15) is 27.2 Å². The molecule has 0 atom stereocenters. The second-order valence-electron chi connectivity index (χ2n) is 5.97. The van der Waals surface area contributed by atoms with Crippen molar-refractivity contribution in [3.63, 3.8) is 0 Å². The first-order chi connectivity index (χ1) is 12.0. The van der Waals surface area contributed by atoms with E-state index in [2.05, 4.69) is 37.0 Å². The van der Waals surface area contributed by atoms with Crippen LogP contribution in [0.4, 0.5) is 0 Å². The summed E-state index contributed by atoms with van der Waals surface area (Å²) in [5.41, 5.74) is 3.00. The first-order valence-corrected chi connectivity index (χ1v) is 8.84. The van der Waals surface area contributed by atoms with E-state index in [9.17, 15) is 4.79 Å². The lowest BCUT2D eigenvalue weighted by molar-refractivity contribution is 0.0771. The zero-order chi connectivity index (χ0) is 17.8. The molecule has 4 nitrogen and oxygen atoms in total. The van der Waals surface area contributed by atoms with Crippen LogP contribution in [-0.2, 0) is 6.54 Å². The molecule has 0 bridgehead atoms. The van der Waals surface area contributed by atoms with Crippen molar-refractivity contribution in [2.24, 2.45) is 0 Å². The van der Waals surface area contributed by atoms with Gasteiger partial charge in [0.05, 0.1) is 18.4 Å². The molecule has 0 radical (unpaired) electrons. The maximum atomic E-state index is 12.9. The largest absolute Gasteiger partial charge is 0.467 e. The second-order valence-corrected chi connectivity index (χ2v) is 7.00. The zero-order valence-corrected chi connectivity index (χ0v) is 15.3. The Morgan fingerprint density at radius 1 is 1.20 bits per heavy atom. The topological polar surface area (TPSA) is 46.3 Å². The Kier molecular flexibility index (Phi) is 5.24. The van der Waals surface area contributed by atoms with Crippen LogP contribution in [0.25, 0.3) is 0 Å². The van der Waals surface area contributed by atoms with Crippen molar-refractivity contribution < 1.29 is 9.21 Å². The van der Waals surface area contributed by atoms with Crippen LogP contribution in [0.2, 0.25) is 0 Å². The van der Waals surface area contributed by atoms with Gasteiger partial charge in [0.1, 0.15) is 10.8 Å². The number of hydrogen-bond acceptors (Lipinski definition) is 4.